The molecule has 1 saturated carbocycles. The van der Waals surface area contributed by atoms with E-state index in [2.05, 4.69) is 28.8 Å². The van der Waals surface area contributed by atoms with Crippen LogP contribution in [-0.4, -0.2) is 29.2 Å². The second-order valence-electron chi connectivity index (χ2n) is 4.11. The molecule has 2 unspecified atom stereocenters. The van der Waals surface area contributed by atoms with Crippen LogP contribution in [0.25, 0.3) is 0 Å². The Kier molecular flexibility index (Phi) is 3.21. The number of aliphatic hydroxyl groups excluding tert-OH is 1. The zero-order valence-corrected chi connectivity index (χ0v) is 9.33. The summed E-state index contributed by atoms with van der Waals surface area (Å²) in [5, 5.41) is 14.0. The second-order valence-corrected chi connectivity index (χ2v) is 4.89. The third kappa shape index (κ3) is 2.16. The number of likely N-dealkylation sites (N-methyl/N-ethyl adjacent to an activating group) is 1. The van der Waals surface area contributed by atoms with E-state index in [1.54, 1.807) is 11.3 Å². The molecular formula is C11H17NOS. The third-order valence-corrected chi connectivity index (χ3v) is 3.75. The lowest BCUT2D eigenvalue weighted by molar-refractivity contribution is 0.0825. The minimum atomic E-state index is -0.112. The molecule has 2 rings (SSSR count). The van der Waals surface area contributed by atoms with Crippen LogP contribution in [0.5, 0.6) is 0 Å². The first-order valence-electron chi connectivity index (χ1n) is 5.17. The molecule has 0 aliphatic heterocycles. The first-order valence-corrected chi connectivity index (χ1v) is 6.11. The normalized spacial score (nSPS) is 27.4. The number of aliphatic hydroxyl groups is 1. The molecule has 14 heavy (non-hydrogen) atoms. The lowest BCUT2D eigenvalue weighted by atomic mass is 10.2. The molecule has 0 amide bonds. The minimum absolute atomic E-state index is 0.112. The summed E-state index contributed by atoms with van der Waals surface area (Å²) in [7, 11) is 2.11. The molecule has 78 valence electrons. The fourth-order valence-corrected chi connectivity index (χ4v) is 2.88. The van der Waals surface area contributed by atoms with E-state index in [4.69, 9.17) is 0 Å². The average Bonchev–Trinajstić information content (AvgIpc) is 2.75. The molecule has 2 nitrogen and oxygen atoms in total. The summed E-state index contributed by atoms with van der Waals surface area (Å²) < 4.78 is 0. The van der Waals surface area contributed by atoms with Gasteiger partial charge in [0.2, 0.25) is 0 Å². The molecule has 1 fully saturated rings. The van der Waals surface area contributed by atoms with Crippen LogP contribution in [0.4, 0.5) is 0 Å². The van der Waals surface area contributed by atoms with Gasteiger partial charge in [0.1, 0.15) is 0 Å². The van der Waals surface area contributed by atoms with Gasteiger partial charge in [-0.3, -0.25) is 4.90 Å². The van der Waals surface area contributed by atoms with Crippen LogP contribution in [0.1, 0.15) is 24.8 Å². The molecule has 1 aromatic rings. The van der Waals surface area contributed by atoms with Crippen molar-refractivity contribution in [1.29, 1.82) is 0 Å². The maximum absolute atomic E-state index is 9.75. The van der Waals surface area contributed by atoms with Gasteiger partial charge < -0.3 is 5.11 Å². The quantitative estimate of drug-likeness (QED) is 0.827. The lowest BCUT2D eigenvalue weighted by Crippen LogP contribution is -2.36. The summed E-state index contributed by atoms with van der Waals surface area (Å²) in [6.07, 6.45) is 3.17. The highest BCUT2D eigenvalue weighted by Gasteiger charge is 2.28. The summed E-state index contributed by atoms with van der Waals surface area (Å²) in [6, 6.07) is 2.53. The van der Waals surface area contributed by atoms with E-state index < -0.39 is 0 Å². The molecule has 1 heterocycles. The lowest BCUT2D eigenvalue weighted by Gasteiger charge is -2.26. The minimum Gasteiger partial charge on any atom is -0.391 e. The average molecular weight is 211 g/mol. The molecule has 0 spiro atoms. The first kappa shape index (κ1) is 10.1. The molecule has 1 aliphatic carbocycles. The van der Waals surface area contributed by atoms with Crippen molar-refractivity contribution in [3.05, 3.63) is 22.4 Å². The molecule has 1 aromatic heterocycles. The van der Waals surface area contributed by atoms with E-state index in [0.717, 1.165) is 19.4 Å². The van der Waals surface area contributed by atoms with Crippen LogP contribution in [0.15, 0.2) is 16.8 Å². The summed E-state index contributed by atoms with van der Waals surface area (Å²) in [5.41, 5.74) is 1.36. The van der Waals surface area contributed by atoms with E-state index in [-0.39, 0.29) is 6.10 Å². The van der Waals surface area contributed by atoms with Crippen molar-refractivity contribution in [3.63, 3.8) is 0 Å². The molecule has 1 N–H and O–H groups in total. The van der Waals surface area contributed by atoms with Crippen LogP contribution in [0, 0.1) is 0 Å². The zero-order chi connectivity index (χ0) is 9.97. The number of rotatable bonds is 3. The maximum Gasteiger partial charge on any atom is 0.0695 e. The molecule has 0 aromatic carbocycles. The van der Waals surface area contributed by atoms with E-state index in [1.165, 1.54) is 12.0 Å². The fraction of sp³-hybridized carbons (Fsp3) is 0.636. The molecule has 0 bridgehead atoms. The van der Waals surface area contributed by atoms with E-state index in [0.29, 0.717) is 6.04 Å². The van der Waals surface area contributed by atoms with Gasteiger partial charge in [-0.1, -0.05) is 0 Å². The Balaban J connectivity index is 1.92. The Hall–Kier alpha value is -0.380. The predicted molar refractivity (Wildman–Crippen MR) is 59.4 cm³/mol. The summed E-state index contributed by atoms with van der Waals surface area (Å²) in [6.45, 7) is 0.964. The first-order chi connectivity index (χ1) is 6.77. The summed E-state index contributed by atoms with van der Waals surface area (Å²) in [4.78, 5) is 2.28. The van der Waals surface area contributed by atoms with Gasteiger partial charge >= 0.3 is 0 Å². The van der Waals surface area contributed by atoms with Crippen molar-refractivity contribution in [3.8, 4) is 0 Å². The fourth-order valence-electron chi connectivity index (χ4n) is 2.22. The van der Waals surface area contributed by atoms with E-state index in [1.807, 2.05) is 0 Å². The summed E-state index contributed by atoms with van der Waals surface area (Å²) >= 11 is 1.74. The molecule has 0 saturated heterocycles. The molecule has 0 radical (unpaired) electrons. The van der Waals surface area contributed by atoms with Crippen molar-refractivity contribution >= 4 is 11.3 Å². The molecule has 2 atom stereocenters. The summed E-state index contributed by atoms with van der Waals surface area (Å²) in [5.74, 6) is 0. The van der Waals surface area contributed by atoms with Crippen molar-refractivity contribution in [2.45, 2.75) is 38.0 Å². The Morgan fingerprint density at radius 2 is 2.43 bits per heavy atom. The third-order valence-electron chi connectivity index (χ3n) is 3.02. The van der Waals surface area contributed by atoms with Crippen molar-refractivity contribution in [2.24, 2.45) is 0 Å². The van der Waals surface area contributed by atoms with Crippen molar-refractivity contribution in [2.75, 3.05) is 7.05 Å². The monoisotopic (exact) mass is 211 g/mol. The highest BCUT2D eigenvalue weighted by molar-refractivity contribution is 7.07. The Labute approximate surface area is 89.2 Å². The van der Waals surface area contributed by atoms with Gasteiger partial charge in [0.25, 0.3) is 0 Å². The van der Waals surface area contributed by atoms with Crippen molar-refractivity contribution < 1.29 is 5.11 Å². The van der Waals surface area contributed by atoms with Crippen LogP contribution >= 0.6 is 11.3 Å². The maximum atomic E-state index is 9.75. The molecule has 1 aliphatic rings. The number of nitrogens with zero attached hydrogens (tertiary/aromatic N) is 1. The van der Waals surface area contributed by atoms with Crippen LogP contribution in [-0.2, 0) is 6.54 Å². The SMILES string of the molecule is CN(Cc1ccsc1)C1CCCC1O. The number of thiophene rings is 1. The number of hydrogen-bond donors (Lipinski definition) is 1. The predicted octanol–water partition coefficient (Wildman–Crippen LogP) is 2.09. The zero-order valence-electron chi connectivity index (χ0n) is 8.52. The van der Waals surface area contributed by atoms with Crippen LogP contribution < -0.4 is 0 Å². The van der Waals surface area contributed by atoms with Crippen LogP contribution in [0.2, 0.25) is 0 Å². The highest BCUT2D eigenvalue weighted by Crippen LogP contribution is 2.24. The van der Waals surface area contributed by atoms with E-state index in [9.17, 15) is 5.11 Å². The van der Waals surface area contributed by atoms with Gasteiger partial charge in [-0.2, -0.15) is 11.3 Å². The van der Waals surface area contributed by atoms with E-state index >= 15 is 0 Å². The number of hydrogen-bond acceptors (Lipinski definition) is 3. The van der Waals surface area contributed by atoms with Crippen LogP contribution in [0.3, 0.4) is 0 Å². The Morgan fingerprint density at radius 1 is 1.57 bits per heavy atom. The molecule has 3 heteroatoms. The Morgan fingerprint density at radius 3 is 3.00 bits per heavy atom. The van der Waals surface area contributed by atoms with Crippen molar-refractivity contribution in [1.82, 2.24) is 4.90 Å². The standard InChI is InChI=1S/C11H17NOS/c1-12(7-9-5-6-14-8-9)10-3-2-4-11(10)13/h5-6,8,10-11,13H,2-4,7H2,1H3. The van der Waals surface area contributed by atoms with Gasteiger partial charge in [-0.15, -0.1) is 0 Å². The highest BCUT2D eigenvalue weighted by atomic mass is 32.1. The van der Waals surface area contributed by atoms with Gasteiger partial charge in [0.05, 0.1) is 6.10 Å². The topological polar surface area (TPSA) is 23.5 Å². The smallest absolute Gasteiger partial charge is 0.0695 e. The van der Waals surface area contributed by atoms with Gasteiger partial charge in [0, 0.05) is 12.6 Å². The molecular weight excluding hydrogens is 194 g/mol. The van der Waals surface area contributed by atoms with Gasteiger partial charge in [-0.05, 0) is 48.7 Å². The second kappa shape index (κ2) is 4.43. The Bertz CT molecular complexity index is 273. The van der Waals surface area contributed by atoms with Gasteiger partial charge in [0.15, 0.2) is 0 Å². The largest absolute Gasteiger partial charge is 0.391 e. The van der Waals surface area contributed by atoms with Gasteiger partial charge in [-0.25, -0.2) is 0 Å².